The number of fused-ring (bicyclic) bond motifs is 3. The van der Waals surface area contributed by atoms with Gasteiger partial charge in [0.25, 0.3) is 0 Å². The van der Waals surface area contributed by atoms with Crippen molar-refractivity contribution in [3.63, 3.8) is 0 Å². The van der Waals surface area contributed by atoms with Gasteiger partial charge < -0.3 is 15.0 Å². The predicted octanol–water partition coefficient (Wildman–Crippen LogP) is 3.88. The molecule has 8 nitrogen and oxygen atoms in total. The fourth-order valence-corrected chi connectivity index (χ4v) is 4.92. The highest BCUT2D eigenvalue weighted by Gasteiger charge is 2.43. The standard InChI is InChI=1S/C22H26F3N7O/c1-14-10-18(27-13-26-14)31-11-15-5-6-16(12-31)19(15)28-21-29-20-17(4-2-8-32(20)30-21)33-9-3-7-22(23,24)25/h2,4,8,10,13,15-16,19H,3,5-7,9,11-12H2,1H3,(H,28,30)/t15-,16+,19?. The molecule has 1 unspecified atom stereocenters. The minimum Gasteiger partial charge on any atom is -0.490 e. The van der Waals surface area contributed by atoms with Crippen molar-refractivity contribution in [3.8, 4) is 5.75 Å². The number of hydrogen-bond donors (Lipinski definition) is 1. The summed E-state index contributed by atoms with van der Waals surface area (Å²) >= 11 is 0. The van der Waals surface area contributed by atoms with Gasteiger partial charge in [0.05, 0.1) is 6.61 Å². The zero-order valence-corrected chi connectivity index (χ0v) is 18.3. The summed E-state index contributed by atoms with van der Waals surface area (Å²) < 4.78 is 44.3. The number of rotatable bonds is 7. The van der Waals surface area contributed by atoms with Crippen LogP contribution in [0.2, 0.25) is 0 Å². The van der Waals surface area contributed by atoms with Crippen LogP contribution in [0.1, 0.15) is 31.4 Å². The lowest BCUT2D eigenvalue weighted by Gasteiger charge is -2.38. The molecule has 3 aromatic heterocycles. The quantitative estimate of drug-likeness (QED) is 0.535. The first-order valence-electron chi connectivity index (χ1n) is 11.2. The topological polar surface area (TPSA) is 80.5 Å². The molecule has 1 saturated carbocycles. The zero-order valence-electron chi connectivity index (χ0n) is 18.3. The maximum Gasteiger partial charge on any atom is 0.389 e. The van der Waals surface area contributed by atoms with Crippen LogP contribution in [0.25, 0.3) is 5.65 Å². The second-order valence-electron chi connectivity index (χ2n) is 8.83. The van der Waals surface area contributed by atoms with Crippen LogP contribution in [0.15, 0.2) is 30.7 Å². The lowest BCUT2D eigenvalue weighted by Crippen LogP contribution is -2.48. The Labute approximate surface area is 189 Å². The summed E-state index contributed by atoms with van der Waals surface area (Å²) in [6, 6.07) is 5.73. The van der Waals surface area contributed by atoms with Gasteiger partial charge in [-0.05, 0) is 50.2 Å². The van der Waals surface area contributed by atoms with Crippen molar-refractivity contribution in [2.75, 3.05) is 29.9 Å². The number of pyridine rings is 1. The molecular formula is C22H26F3N7O. The molecule has 0 radical (unpaired) electrons. The van der Waals surface area contributed by atoms with Crippen LogP contribution in [0.5, 0.6) is 5.75 Å². The second-order valence-corrected chi connectivity index (χ2v) is 8.83. The van der Waals surface area contributed by atoms with Crippen molar-refractivity contribution in [2.45, 2.75) is 44.8 Å². The summed E-state index contributed by atoms with van der Waals surface area (Å²) in [7, 11) is 0. The first-order valence-corrected chi connectivity index (χ1v) is 11.2. The molecule has 2 aliphatic rings. The van der Waals surface area contributed by atoms with Crippen LogP contribution in [0.4, 0.5) is 24.9 Å². The average Bonchev–Trinajstić information content (AvgIpc) is 3.27. The zero-order chi connectivity index (χ0) is 23.0. The molecule has 176 valence electrons. The van der Waals surface area contributed by atoms with Gasteiger partial charge in [-0.2, -0.15) is 18.2 Å². The van der Waals surface area contributed by atoms with Gasteiger partial charge >= 0.3 is 6.18 Å². The summed E-state index contributed by atoms with van der Waals surface area (Å²) in [5, 5.41) is 8.04. The number of alkyl halides is 3. The molecule has 11 heteroatoms. The highest BCUT2D eigenvalue weighted by molar-refractivity contribution is 5.56. The molecule has 4 heterocycles. The third-order valence-corrected chi connectivity index (χ3v) is 6.43. The Morgan fingerprint density at radius 3 is 2.70 bits per heavy atom. The number of hydrogen-bond acceptors (Lipinski definition) is 7. The molecule has 2 fully saturated rings. The number of nitrogens with zero attached hydrogens (tertiary/aromatic N) is 6. The summed E-state index contributed by atoms with van der Waals surface area (Å²) in [5.41, 5.74) is 1.45. The Bertz CT molecular complexity index is 1100. The SMILES string of the molecule is Cc1cc(N2C[C@H]3CC[C@@H](C2)C3Nc2nc3c(OCCCC(F)(F)F)cccn3n2)ncn1. The Kier molecular flexibility index (Phi) is 5.71. The Balaban J connectivity index is 1.25. The van der Waals surface area contributed by atoms with E-state index in [0.29, 0.717) is 29.2 Å². The molecule has 1 aliphatic heterocycles. The summed E-state index contributed by atoms with van der Waals surface area (Å²) in [4.78, 5) is 15.5. The first kappa shape index (κ1) is 21.7. The third-order valence-electron chi connectivity index (χ3n) is 6.43. The van der Waals surface area contributed by atoms with E-state index in [4.69, 9.17) is 4.74 Å². The minimum absolute atomic E-state index is 0.0278. The molecule has 0 spiro atoms. The van der Waals surface area contributed by atoms with Crippen LogP contribution in [0.3, 0.4) is 0 Å². The van der Waals surface area contributed by atoms with E-state index in [-0.39, 0.29) is 19.1 Å². The second kappa shape index (κ2) is 8.68. The van der Waals surface area contributed by atoms with E-state index in [1.165, 1.54) is 0 Å². The van der Waals surface area contributed by atoms with E-state index in [9.17, 15) is 13.2 Å². The van der Waals surface area contributed by atoms with E-state index in [2.05, 4.69) is 30.3 Å². The number of aromatic nitrogens is 5. The number of aryl methyl sites for hydroxylation is 1. The van der Waals surface area contributed by atoms with Crippen LogP contribution >= 0.6 is 0 Å². The van der Waals surface area contributed by atoms with Crippen LogP contribution < -0.4 is 15.0 Å². The molecule has 1 aliphatic carbocycles. The lowest BCUT2D eigenvalue weighted by molar-refractivity contribution is -0.136. The normalized spacial score (nSPS) is 22.7. The average molecular weight is 461 g/mol. The van der Waals surface area contributed by atoms with Gasteiger partial charge in [0, 0.05) is 43.5 Å². The van der Waals surface area contributed by atoms with Gasteiger partial charge in [0.1, 0.15) is 12.1 Å². The van der Waals surface area contributed by atoms with Crippen molar-refractivity contribution in [1.82, 2.24) is 24.6 Å². The molecular weight excluding hydrogens is 435 g/mol. The Morgan fingerprint density at radius 2 is 1.97 bits per heavy atom. The van der Waals surface area contributed by atoms with E-state index in [1.807, 2.05) is 13.0 Å². The highest BCUT2D eigenvalue weighted by atomic mass is 19.4. The van der Waals surface area contributed by atoms with E-state index in [1.54, 1.807) is 29.2 Å². The predicted molar refractivity (Wildman–Crippen MR) is 116 cm³/mol. The molecule has 0 amide bonds. The maximum absolute atomic E-state index is 12.4. The van der Waals surface area contributed by atoms with E-state index >= 15 is 0 Å². The maximum atomic E-state index is 12.4. The fourth-order valence-electron chi connectivity index (χ4n) is 4.92. The van der Waals surface area contributed by atoms with E-state index in [0.717, 1.165) is 37.4 Å². The van der Waals surface area contributed by atoms with Crippen molar-refractivity contribution in [1.29, 1.82) is 0 Å². The van der Waals surface area contributed by atoms with Gasteiger partial charge in [0.15, 0.2) is 11.4 Å². The van der Waals surface area contributed by atoms with Crippen LogP contribution in [-0.2, 0) is 0 Å². The van der Waals surface area contributed by atoms with Crippen molar-refractivity contribution >= 4 is 17.4 Å². The molecule has 1 N–H and O–H groups in total. The fraction of sp³-hybridized carbons (Fsp3) is 0.545. The molecule has 1 saturated heterocycles. The number of piperidine rings is 1. The number of anilines is 2. The smallest absolute Gasteiger partial charge is 0.389 e. The number of halogens is 3. The van der Waals surface area contributed by atoms with Crippen LogP contribution in [-0.4, -0.2) is 56.5 Å². The van der Waals surface area contributed by atoms with Gasteiger partial charge in [-0.1, -0.05) is 0 Å². The highest BCUT2D eigenvalue weighted by Crippen LogP contribution is 2.39. The van der Waals surface area contributed by atoms with Crippen molar-refractivity contribution in [2.24, 2.45) is 11.8 Å². The lowest BCUT2D eigenvalue weighted by atomic mass is 9.92. The summed E-state index contributed by atoms with van der Waals surface area (Å²) in [5.74, 6) is 2.80. The monoisotopic (exact) mass is 461 g/mol. The van der Waals surface area contributed by atoms with Gasteiger partial charge in [-0.15, -0.1) is 5.10 Å². The van der Waals surface area contributed by atoms with Gasteiger partial charge in [-0.3, -0.25) is 0 Å². The molecule has 2 bridgehead atoms. The summed E-state index contributed by atoms with van der Waals surface area (Å²) in [6.07, 6.45) is 0.477. The van der Waals surface area contributed by atoms with Gasteiger partial charge in [0.2, 0.25) is 5.95 Å². The third kappa shape index (κ3) is 4.81. The number of ether oxygens (including phenoxy) is 1. The van der Waals surface area contributed by atoms with Crippen molar-refractivity contribution in [3.05, 3.63) is 36.4 Å². The molecule has 0 aromatic carbocycles. The molecule has 3 aromatic rings. The Morgan fingerprint density at radius 1 is 1.18 bits per heavy atom. The summed E-state index contributed by atoms with van der Waals surface area (Å²) in [6.45, 7) is 3.76. The van der Waals surface area contributed by atoms with Crippen LogP contribution in [0, 0.1) is 18.8 Å². The first-order chi connectivity index (χ1) is 15.9. The molecule has 33 heavy (non-hydrogen) atoms. The minimum atomic E-state index is -4.18. The van der Waals surface area contributed by atoms with Crippen molar-refractivity contribution < 1.29 is 17.9 Å². The number of nitrogens with one attached hydrogen (secondary N) is 1. The van der Waals surface area contributed by atoms with Gasteiger partial charge in [-0.25, -0.2) is 14.5 Å². The largest absolute Gasteiger partial charge is 0.490 e. The van der Waals surface area contributed by atoms with E-state index < -0.39 is 12.6 Å². The Hall–Kier alpha value is -3.11. The molecule has 5 rings (SSSR count). The molecule has 3 atom stereocenters.